The van der Waals surface area contributed by atoms with E-state index in [1.165, 1.54) is 6.07 Å². The summed E-state index contributed by atoms with van der Waals surface area (Å²) in [5, 5.41) is 6.31. The van der Waals surface area contributed by atoms with Crippen molar-refractivity contribution in [3.8, 4) is 5.69 Å². The monoisotopic (exact) mass is 432 g/mol. The molecule has 1 amide bonds. The van der Waals surface area contributed by atoms with Crippen LogP contribution in [0.3, 0.4) is 0 Å². The Kier molecular flexibility index (Phi) is 6.51. The largest absolute Gasteiger partial charge is 0.341 e. The van der Waals surface area contributed by atoms with Gasteiger partial charge in [0.2, 0.25) is 15.9 Å². The molecule has 7 nitrogen and oxygen atoms in total. The number of sulfonamides is 1. The van der Waals surface area contributed by atoms with E-state index in [1.54, 1.807) is 23.4 Å². The van der Waals surface area contributed by atoms with Gasteiger partial charge in [-0.25, -0.2) is 17.8 Å². The highest BCUT2D eigenvalue weighted by Crippen LogP contribution is 2.19. The topological polar surface area (TPSA) is 84.3 Å². The van der Waals surface area contributed by atoms with Gasteiger partial charge in [-0.05, 0) is 37.4 Å². The summed E-state index contributed by atoms with van der Waals surface area (Å²) in [6.07, 6.45) is 0.0893. The number of hydrogen-bond acceptors (Lipinski definition) is 5. The average Bonchev–Trinajstić information content (AvgIpc) is 3.33. The van der Waals surface area contributed by atoms with E-state index in [1.807, 2.05) is 48.9 Å². The molecule has 9 heteroatoms. The normalized spacial score (nSPS) is 11.6. The number of benzene rings is 1. The van der Waals surface area contributed by atoms with E-state index >= 15 is 0 Å². The zero-order chi connectivity index (χ0) is 21.0. The van der Waals surface area contributed by atoms with Crippen molar-refractivity contribution in [1.29, 1.82) is 0 Å². The van der Waals surface area contributed by atoms with E-state index in [-0.39, 0.29) is 23.1 Å². The maximum absolute atomic E-state index is 12.5. The molecular formula is C20H24N4O3S2. The molecule has 0 fully saturated rings. The van der Waals surface area contributed by atoms with E-state index in [0.717, 1.165) is 34.0 Å². The lowest BCUT2D eigenvalue weighted by Crippen LogP contribution is -2.32. The Hall–Kier alpha value is -2.49. The highest BCUT2D eigenvalue weighted by molar-refractivity contribution is 7.91. The minimum atomic E-state index is -3.55. The van der Waals surface area contributed by atoms with Crippen LogP contribution in [0.5, 0.6) is 0 Å². The van der Waals surface area contributed by atoms with E-state index in [4.69, 9.17) is 0 Å². The maximum Gasteiger partial charge on any atom is 0.250 e. The molecule has 0 unspecified atom stereocenters. The highest BCUT2D eigenvalue weighted by Gasteiger charge is 2.19. The second-order valence-corrected chi connectivity index (χ2v) is 9.67. The molecule has 0 saturated carbocycles. The molecule has 0 spiro atoms. The van der Waals surface area contributed by atoms with Gasteiger partial charge in [0, 0.05) is 37.8 Å². The number of hydrogen-bond donors (Lipinski definition) is 1. The molecule has 0 saturated heterocycles. The number of thiophene rings is 1. The third kappa shape index (κ3) is 4.92. The first-order chi connectivity index (χ1) is 13.8. The Balaban J connectivity index is 1.61. The number of aryl methyl sites for hydroxylation is 1. The third-order valence-electron chi connectivity index (χ3n) is 4.65. The first kappa shape index (κ1) is 21.2. The van der Waals surface area contributed by atoms with Crippen LogP contribution in [-0.4, -0.2) is 42.6 Å². The lowest BCUT2D eigenvalue weighted by molar-refractivity contribution is -0.130. The lowest BCUT2D eigenvalue weighted by Gasteiger charge is -2.18. The molecule has 1 N–H and O–H groups in total. The van der Waals surface area contributed by atoms with Crippen LogP contribution in [0.4, 0.5) is 0 Å². The molecule has 29 heavy (non-hydrogen) atoms. The van der Waals surface area contributed by atoms with Gasteiger partial charge in [0.05, 0.1) is 11.4 Å². The number of para-hydroxylation sites is 1. The molecule has 154 valence electrons. The third-order valence-corrected chi connectivity index (χ3v) is 7.51. The zero-order valence-electron chi connectivity index (χ0n) is 16.6. The maximum atomic E-state index is 12.5. The molecule has 1 aromatic carbocycles. The van der Waals surface area contributed by atoms with Crippen LogP contribution < -0.4 is 4.72 Å². The van der Waals surface area contributed by atoms with Crippen molar-refractivity contribution in [2.24, 2.45) is 0 Å². The lowest BCUT2D eigenvalue weighted by atomic mass is 10.2. The highest BCUT2D eigenvalue weighted by atomic mass is 32.2. The van der Waals surface area contributed by atoms with Crippen molar-refractivity contribution < 1.29 is 13.2 Å². The van der Waals surface area contributed by atoms with Crippen LogP contribution >= 0.6 is 11.3 Å². The minimum Gasteiger partial charge on any atom is -0.341 e. The van der Waals surface area contributed by atoms with Gasteiger partial charge in [-0.1, -0.05) is 24.3 Å². The summed E-state index contributed by atoms with van der Waals surface area (Å²) in [6.45, 7) is 4.39. The summed E-state index contributed by atoms with van der Waals surface area (Å²) >= 11 is 1.15. The van der Waals surface area contributed by atoms with Crippen molar-refractivity contribution in [2.75, 3.05) is 13.6 Å². The first-order valence-corrected chi connectivity index (χ1v) is 11.5. The fourth-order valence-corrected chi connectivity index (χ4v) is 5.09. The smallest absolute Gasteiger partial charge is 0.250 e. The summed E-state index contributed by atoms with van der Waals surface area (Å²) in [7, 11) is -1.84. The van der Waals surface area contributed by atoms with E-state index in [0.29, 0.717) is 6.54 Å². The number of carbonyl (C=O) groups is 1. The number of amides is 1. The molecule has 0 aliphatic heterocycles. The second-order valence-electron chi connectivity index (χ2n) is 6.73. The molecule has 2 aromatic heterocycles. The van der Waals surface area contributed by atoms with Crippen LogP contribution in [0.25, 0.3) is 5.69 Å². The predicted molar refractivity (Wildman–Crippen MR) is 114 cm³/mol. The molecule has 0 aliphatic carbocycles. The number of carbonyl (C=O) groups excluding carboxylic acids is 1. The van der Waals surface area contributed by atoms with E-state index in [9.17, 15) is 13.2 Å². The SMILES string of the molecule is Cc1nn(-c2ccccc2)c(C)c1CN(C)C(=O)CCNS(=O)(=O)c1cccs1. The Bertz CT molecular complexity index is 1070. The summed E-state index contributed by atoms with van der Waals surface area (Å²) in [4.78, 5) is 14.1. The predicted octanol–water partition coefficient (Wildman–Crippen LogP) is 2.88. The van der Waals surface area contributed by atoms with Gasteiger partial charge in [-0.3, -0.25) is 4.79 Å². The van der Waals surface area contributed by atoms with Crippen molar-refractivity contribution in [3.05, 3.63) is 64.8 Å². The van der Waals surface area contributed by atoms with E-state index < -0.39 is 10.0 Å². The molecule has 0 bridgehead atoms. The molecule has 0 radical (unpaired) electrons. The Morgan fingerprint density at radius 1 is 1.17 bits per heavy atom. The Morgan fingerprint density at radius 3 is 2.55 bits per heavy atom. The van der Waals surface area contributed by atoms with Gasteiger partial charge in [0.1, 0.15) is 4.21 Å². The summed E-state index contributed by atoms with van der Waals surface area (Å²) < 4.78 is 28.9. The molecule has 3 rings (SSSR count). The molecule has 3 aromatic rings. The molecule has 2 heterocycles. The van der Waals surface area contributed by atoms with Gasteiger partial charge in [0.15, 0.2) is 0 Å². The standard InChI is InChI=1S/C20H24N4O3S2/c1-15-18(16(2)24(22-15)17-8-5-4-6-9-17)14-23(3)19(25)11-12-21-29(26,27)20-10-7-13-28-20/h4-10,13,21H,11-12,14H2,1-3H3. The Morgan fingerprint density at radius 2 is 1.90 bits per heavy atom. The fraction of sp³-hybridized carbons (Fsp3) is 0.300. The summed E-state index contributed by atoms with van der Waals surface area (Å²) in [5.74, 6) is -0.134. The molecular weight excluding hydrogens is 408 g/mol. The zero-order valence-corrected chi connectivity index (χ0v) is 18.3. The van der Waals surface area contributed by atoms with Crippen LogP contribution in [0.1, 0.15) is 23.4 Å². The van der Waals surface area contributed by atoms with Gasteiger partial charge in [-0.15, -0.1) is 11.3 Å². The number of nitrogens with zero attached hydrogens (tertiary/aromatic N) is 3. The molecule has 0 atom stereocenters. The second kappa shape index (κ2) is 8.89. The number of rotatable bonds is 8. The van der Waals surface area contributed by atoms with Crippen molar-refractivity contribution in [1.82, 2.24) is 19.4 Å². The van der Waals surface area contributed by atoms with Crippen molar-refractivity contribution in [3.63, 3.8) is 0 Å². The van der Waals surface area contributed by atoms with Gasteiger partial charge in [-0.2, -0.15) is 5.10 Å². The Labute approximate surface area is 175 Å². The number of nitrogens with one attached hydrogen (secondary N) is 1. The summed E-state index contributed by atoms with van der Waals surface area (Å²) in [5.41, 5.74) is 3.80. The number of aromatic nitrogens is 2. The minimum absolute atomic E-state index is 0.0602. The fourth-order valence-electron chi connectivity index (χ4n) is 3.02. The van der Waals surface area contributed by atoms with Crippen LogP contribution in [0, 0.1) is 13.8 Å². The first-order valence-electron chi connectivity index (χ1n) is 9.17. The average molecular weight is 433 g/mol. The van der Waals surface area contributed by atoms with Crippen LogP contribution in [0.15, 0.2) is 52.1 Å². The van der Waals surface area contributed by atoms with Crippen molar-refractivity contribution in [2.45, 2.75) is 31.0 Å². The van der Waals surface area contributed by atoms with Gasteiger partial charge in [0.25, 0.3) is 0 Å². The van der Waals surface area contributed by atoms with Crippen LogP contribution in [0.2, 0.25) is 0 Å². The van der Waals surface area contributed by atoms with E-state index in [2.05, 4.69) is 9.82 Å². The summed E-state index contributed by atoms with van der Waals surface area (Å²) in [6, 6.07) is 13.1. The quantitative estimate of drug-likeness (QED) is 0.593. The van der Waals surface area contributed by atoms with Crippen molar-refractivity contribution >= 4 is 27.3 Å². The van der Waals surface area contributed by atoms with Gasteiger partial charge >= 0.3 is 0 Å². The van der Waals surface area contributed by atoms with Gasteiger partial charge < -0.3 is 4.90 Å². The molecule has 0 aliphatic rings. The van der Waals surface area contributed by atoms with Crippen LogP contribution in [-0.2, 0) is 21.4 Å².